The van der Waals surface area contributed by atoms with Crippen molar-refractivity contribution in [1.29, 1.82) is 0 Å². The van der Waals surface area contributed by atoms with Crippen molar-refractivity contribution in [2.24, 2.45) is 44.8 Å². The van der Waals surface area contributed by atoms with E-state index in [4.69, 9.17) is 0 Å². The molecule has 5 aliphatic rings. The molecular weight excluding hydrogens is 464 g/mol. The van der Waals surface area contributed by atoms with Crippen LogP contribution in [0.4, 0.5) is 4.79 Å². The summed E-state index contributed by atoms with van der Waals surface area (Å²) in [4.78, 5) is 26.8. The van der Waals surface area contributed by atoms with E-state index in [2.05, 4.69) is 59.9 Å². The second-order valence-corrected chi connectivity index (χ2v) is 15.6. The summed E-state index contributed by atoms with van der Waals surface area (Å²) in [5, 5.41) is 24.3. The van der Waals surface area contributed by atoms with Crippen molar-refractivity contribution in [1.82, 2.24) is 10.4 Å². The van der Waals surface area contributed by atoms with E-state index in [0.29, 0.717) is 16.8 Å². The van der Waals surface area contributed by atoms with Crippen LogP contribution in [0.2, 0.25) is 0 Å². The third kappa shape index (κ3) is 3.56. The highest BCUT2D eigenvalue weighted by Crippen LogP contribution is 2.74. The summed E-state index contributed by atoms with van der Waals surface area (Å²) in [6.45, 7) is 16.1. The molecule has 208 valence electrons. The number of ketones is 1. The van der Waals surface area contributed by atoms with Gasteiger partial charge in [0, 0.05) is 18.5 Å². The number of urea groups is 1. The smallest absolute Gasteiger partial charge is 0.341 e. The molecule has 2 amide bonds. The van der Waals surface area contributed by atoms with E-state index in [9.17, 15) is 19.9 Å². The van der Waals surface area contributed by atoms with E-state index in [1.165, 1.54) is 12.6 Å². The van der Waals surface area contributed by atoms with E-state index in [1.807, 2.05) is 0 Å². The summed E-state index contributed by atoms with van der Waals surface area (Å²) in [6.07, 6.45) is 10.4. The van der Waals surface area contributed by atoms with Crippen LogP contribution in [0.25, 0.3) is 0 Å². The van der Waals surface area contributed by atoms with Crippen molar-refractivity contribution in [2.75, 3.05) is 7.05 Å². The quantitative estimate of drug-likeness (QED) is 0.291. The molecular formula is C31H50N2O4. The molecule has 0 heterocycles. The lowest BCUT2D eigenvalue weighted by molar-refractivity contribution is -0.201. The summed E-state index contributed by atoms with van der Waals surface area (Å²) in [5.74, 6) is 0.833. The van der Waals surface area contributed by atoms with Crippen LogP contribution in [0, 0.1) is 44.8 Å². The number of carbonyl (C=O) groups is 2. The van der Waals surface area contributed by atoms with Gasteiger partial charge in [-0.1, -0.05) is 47.1 Å². The maximum absolute atomic E-state index is 14.3. The van der Waals surface area contributed by atoms with Gasteiger partial charge in [0.1, 0.15) is 0 Å². The monoisotopic (exact) mass is 514 g/mol. The highest BCUT2D eigenvalue weighted by atomic mass is 16.5. The number of hydrogen-bond acceptors (Lipinski definition) is 4. The normalized spacial score (nSPS) is 50.5. The zero-order valence-electron chi connectivity index (χ0n) is 24.4. The number of hydrogen-bond donors (Lipinski definition) is 3. The minimum atomic E-state index is -0.473. The van der Waals surface area contributed by atoms with Gasteiger partial charge in [0.25, 0.3) is 0 Å². The average molecular weight is 515 g/mol. The lowest BCUT2D eigenvalue weighted by Gasteiger charge is -2.70. The van der Waals surface area contributed by atoms with Gasteiger partial charge in [-0.3, -0.25) is 10.0 Å². The van der Waals surface area contributed by atoms with E-state index in [0.717, 1.165) is 57.8 Å². The zero-order valence-corrected chi connectivity index (χ0v) is 24.4. The van der Waals surface area contributed by atoms with Crippen LogP contribution in [0.5, 0.6) is 0 Å². The molecule has 0 aromatic heterocycles. The van der Waals surface area contributed by atoms with Crippen molar-refractivity contribution in [3.63, 3.8) is 0 Å². The first-order valence-electron chi connectivity index (χ1n) is 14.6. The van der Waals surface area contributed by atoms with Gasteiger partial charge in [-0.2, -0.15) is 0 Å². The minimum Gasteiger partial charge on any atom is -0.393 e. The molecule has 0 aromatic rings. The first-order valence-corrected chi connectivity index (χ1v) is 14.6. The molecule has 37 heavy (non-hydrogen) atoms. The van der Waals surface area contributed by atoms with Gasteiger partial charge < -0.3 is 10.4 Å². The number of hydroxylamine groups is 2. The first kappa shape index (κ1) is 27.2. The number of allylic oxidation sites excluding steroid dienone is 2. The number of aliphatic hydroxyl groups excluding tert-OH is 1. The van der Waals surface area contributed by atoms with E-state index in [-0.39, 0.29) is 45.0 Å². The summed E-state index contributed by atoms with van der Waals surface area (Å²) < 4.78 is 0. The maximum atomic E-state index is 14.3. The molecule has 6 heteroatoms. The average Bonchev–Trinajstić information content (AvgIpc) is 2.79. The van der Waals surface area contributed by atoms with E-state index < -0.39 is 11.6 Å². The van der Waals surface area contributed by atoms with Crippen molar-refractivity contribution < 1.29 is 19.9 Å². The van der Waals surface area contributed by atoms with Crippen LogP contribution in [0.3, 0.4) is 0 Å². The molecule has 0 saturated heterocycles. The Morgan fingerprint density at radius 3 is 2.27 bits per heavy atom. The second-order valence-electron chi connectivity index (χ2n) is 15.6. The SMILES string of the molecule is CN(O)C(=O)N[C@@]1(C)CC[C@]2(C)CC[C@]3(C)C(=CC(=O)[C@@H]4[C@@]5(C)CC[C@H](O)C(C)(C)[C@@H]5CC[C@]43C)[C@@H]2C1. The molecule has 0 spiro atoms. The Morgan fingerprint density at radius 2 is 1.62 bits per heavy atom. The maximum Gasteiger partial charge on any atom is 0.341 e. The predicted molar refractivity (Wildman–Crippen MR) is 144 cm³/mol. The fourth-order valence-electron chi connectivity index (χ4n) is 10.6. The highest BCUT2D eigenvalue weighted by Gasteiger charge is 2.70. The van der Waals surface area contributed by atoms with Gasteiger partial charge in [0.2, 0.25) is 0 Å². The number of rotatable bonds is 1. The molecule has 3 N–H and O–H groups in total. The van der Waals surface area contributed by atoms with Gasteiger partial charge in [0.05, 0.1) is 6.10 Å². The standard InChI is InChI=1S/C31H50N2O4/c1-26(2)22-9-12-31(7)24(29(22,5)11-10-23(26)35)21(34)17-19-20-18-28(4,32-25(36)33(8)37)15-13-27(20,3)14-16-30(19,31)6/h17,20,22-24,35,37H,9-16,18H2,1-8H3,(H,32,36)/t20-,22-,23-,24+,27+,28-,29-,30+,31+/m0/s1. The molecule has 4 fully saturated rings. The molecule has 9 atom stereocenters. The van der Waals surface area contributed by atoms with E-state index in [1.54, 1.807) is 0 Å². The first-order chi connectivity index (χ1) is 16.9. The molecule has 5 aliphatic carbocycles. The molecule has 5 rings (SSSR count). The van der Waals surface area contributed by atoms with Gasteiger partial charge in [-0.25, -0.2) is 9.86 Å². The fourth-order valence-corrected chi connectivity index (χ4v) is 10.6. The Morgan fingerprint density at radius 1 is 0.973 bits per heavy atom. The third-order valence-electron chi connectivity index (χ3n) is 13.3. The lowest BCUT2D eigenvalue weighted by Crippen LogP contribution is -2.67. The van der Waals surface area contributed by atoms with Crippen LogP contribution < -0.4 is 5.32 Å². The van der Waals surface area contributed by atoms with Crippen molar-refractivity contribution in [3.8, 4) is 0 Å². The Balaban J connectivity index is 1.56. The topological polar surface area (TPSA) is 89.9 Å². The van der Waals surface area contributed by atoms with Gasteiger partial charge in [-0.05, 0) is 110 Å². The van der Waals surface area contributed by atoms with Crippen LogP contribution in [0.15, 0.2) is 11.6 Å². The van der Waals surface area contributed by atoms with Crippen LogP contribution in [0.1, 0.15) is 106 Å². The highest BCUT2D eigenvalue weighted by molar-refractivity contribution is 5.95. The molecule has 6 nitrogen and oxygen atoms in total. The van der Waals surface area contributed by atoms with Crippen LogP contribution in [-0.2, 0) is 4.79 Å². The summed E-state index contributed by atoms with van der Waals surface area (Å²) in [7, 11) is 1.36. The van der Waals surface area contributed by atoms with Crippen molar-refractivity contribution in [3.05, 3.63) is 11.6 Å². The number of aliphatic hydroxyl groups is 1. The van der Waals surface area contributed by atoms with E-state index >= 15 is 0 Å². The molecule has 0 aromatic carbocycles. The molecule has 0 unspecified atom stereocenters. The van der Waals surface area contributed by atoms with Gasteiger partial charge >= 0.3 is 6.03 Å². The lowest BCUT2D eigenvalue weighted by atomic mass is 9.33. The zero-order chi connectivity index (χ0) is 27.4. The Kier molecular flexibility index (Phi) is 5.92. The second kappa shape index (κ2) is 8.06. The Bertz CT molecular complexity index is 1040. The summed E-state index contributed by atoms with van der Waals surface area (Å²) in [6, 6.07) is -0.473. The minimum absolute atomic E-state index is 0.0265. The van der Waals surface area contributed by atoms with Gasteiger partial charge in [-0.15, -0.1) is 0 Å². The summed E-state index contributed by atoms with van der Waals surface area (Å²) in [5.41, 5.74) is 0.516. The van der Waals surface area contributed by atoms with Crippen LogP contribution in [-0.4, -0.2) is 45.9 Å². The summed E-state index contributed by atoms with van der Waals surface area (Å²) >= 11 is 0. The third-order valence-corrected chi connectivity index (χ3v) is 13.3. The predicted octanol–water partition coefficient (Wildman–Crippen LogP) is 6.11. The number of fused-ring (bicyclic) bond motifs is 7. The van der Waals surface area contributed by atoms with Crippen molar-refractivity contribution >= 4 is 11.8 Å². The van der Waals surface area contributed by atoms with Gasteiger partial charge in [0.15, 0.2) is 5.78 Å². The molecule has 0 aliphatic heterocycles. The largest absolute Gasteiger partial charge is 0.393 e. The number of nitrogens with one attached hydrogen (secondary N) is 1. The molecule has 0 bridgehead atoms. The Labute approximate surface area is 223 Å². The fraction of sp³-hybridized carbons (Fsp3) is 0.871. The van der Waals surface area contributed by atoms with Crippen LogP contribution >= 0.6 is 0 Å². The number of carbonyl (C=O) groups excluding carboxylic acids is 2. The Hall–Kier alpha value is -1.40. The number of amides is 2. The molecule has 0 radical (unpaired) electrons. The number of nitrogens with zero attached hydrogens (tertiary/aromatic N) is 1. The van der Waals surface area contributed by atoms with Crippen molar-refractivity contribution in [2.45, 2.75) is 118 Å². The molecule has 4 saturated carbocycles.